The first-order chi connectivity index (χ1) is 14.4. The molecule has 0 spiro atoms. The van der Waals surface area contributed by atoms with Crippen LogP contribution in [0.4, 0.5) is 0 Å². The van der Waals surface area contributed by atoms with Gasteiger partial charge in [0, 0.05) is 36.3 Å². The molecular weight excluding hydrogens is 440 g/mol. The Kier molecular flexibility index (Phi) is 15.8. The molecule has 0 aromatic heterocycles. The molecule has 0 saturated heterocycles. The normalized spacial score (nSPS) is 9.81. The van der Waals surface area contributed by atoms with Crippen LogP contribution in [0.1, 0.15) is 84.9 Å². The molecule has 31 heavy (non-hydrogen) atoms. The Morgan fingerprint density at radius 2 is 1.16 bits per heavy atom. The number of carboxylic acid groups (broad SMARTS) is 2. The summed E-state index contributed by atoms with van der Waals surface area (Å²) in [5, 5.41) is 17.1. The van der Waals surface area contributed by atoms with Crippen LogP contribution in [0.2, 0.25) is 0 Å². The molecule has 0 saturated carbocycles. The zero-order chi connectivity index (χ0) is 22.2. The van der Waals surface area contributed by atoms with E-state index in [-0.39, 0.29) is 41.5 Å². The van der Waals surface area contributed by atoms with E-state index >= 15 is 0 Å². The molecule has 2 aromatic rings. The van der Waals surface area contributed by atoms with Crippen LogP contribution in [0.5, 0.6) is 0 Å². The summed E-state index contributed by atoms with van der Waals surface area (Å²) in [4.78, 5) is 45.4. The third-order valence-electron chi connectivity index (χ3n) is 4.56. The number of aliphatic carboxylic acids is 2. The Labute approximate surface area is 193 Å². The molecule has 0 aliphatic rings. The second-order valence-electron chi connectivity index (χ2n) is 7.07. The molecule has 2 N–H and O–H groups in total. The quantitative estimate of drug-likeness (QED) is 0.169. The zero-order valence-electron chi connectivity index (χ0n) is 17.6. The first kappa shape index (κ1) is 28.5. The fourth-order valence-electron chi connectivity index (χ4n) is 2.97. The maximum Gasteiger partial charge on any atom is 0.303 e. The number of Topliss-reactive ketones (excluding diaryl/α,β-unsaturated/α-hetero) is 2. The predicted octanol–water partition coefficient (Wildman–Crippen LogP) is 5.24. The summed E-state index contributed by atoms with van der Waals surface area (Å²) < 4.78 is 0. The van der Waals surface area contributed by atoms with E-state index in [0.29, 0.717) is 62.5 Å². The summed E-state index contributed by atoms with van der Waals surface area (Å²) >= 11 is 0. The maximum atomic E-state index is 12.2. The van der Waals surface area contributed by atoms with Gasteiger partial charge in [0.15, 0.2) is 0 Å². The van der Waals surface area contributed by atoms with Crippen LogP contribution in [-0.2, 0) is 26.7 Å². The number of carboxylic acids is 2. The predicted molar refractivity (Wildman–Crippen MR) is 114 cm³/mol. The molecule has 0 unspecified atom stereocenters. The molecule has 0 bridgehead atoms. The van der Waals surface area contributed by atoms with Gasteiger partial charge in [-0.25, -0.2) is 0 Å². The van der Waals surface area contributed by atoms with E-state index in [9.17, 15) is 19.2 Å². The van der Waals surface area contributed by atoms with Crippen LogP contribution in [0.25, 0.3) is 0 Å². The van der Waals surface area contributed by atoms with E-state index < -0.39 is 11.9 Å². The largest absolute Gasteiger partial charge is 0.748 e. The summed E-state index contributed by atoms with van der Waals surface area (Å²) in [5.41, 5.74) is 0.877. The van der Waals surface area contributed by atoms with Gasteiger partial charge in [-0.1, -0.05) is 24.8 Å². The van der Waals surface area contributed by atoms with Crippen LogP contribution in [0.15, 0.2) is 48.5 Å². The molecule has 2 rings (SSSR count). The molecular formula is C24H30FeO6-6. The van der Waals surface area contributed by atoms with Crippen molar-refractivity contribution in [2.24, 2.45) is 0 Å². The average Bonchev–Trinajstić information content (AvgIpc) is 3.41. The number of unbranched alkanes of at least 4 members (excludes halogenated alkanes) is 4. The molecule has 0 heterocycles. The van der Waals surface area contributed by atoms with E-state index in [1.807, 2.05) is 30.3 Å². The van der Waals surface area contributed by atoms with Crippen molar-refractivity contribution in [3.63, 3.8) is 0 Å². The van der Waals surface area contributed by atoms with Gasteiger partial charge >= 0.3 is 11.9 Å². The summed E-state index contributed by atoms with van der Waals surface area (Å²) in [5.74, 6) is -1.85. The number of rotatable bonds is 14. The van der Waals surface area contributed by atoms with Crippen molar-refractivity contribution < 1.29 is 46.5 Å². The van der Waals surface area contributed by atoms with Gasteiger partial charge in [0.1, 0.15) is 5.78 Å². The Bertz CT molecular complexity index is 708. The molecule has 0 atom stereocenters. The molecule has 0 amide bonds. The first-order valence-electron chi connectivity index (χ1n) is 10.3. The number of carbonyl (C=O) groups is 4. The third kappa shape index (κ3) is 13.4. The van der Waals surface area contributed by atoms with Crippen molar-refractivity contribution in [1.29, 1.82) is 0 Å². The zero-order valence-corrected chi connectivity index (χ0v) is 18.7. The SMILES string of the molecule is O=C(O)CCCCCC(=O)c1ccc[c-]1C(=O)CCCCCC(=O)O.[Fe].[cH-]1[cH-][cH-][cH-][cH-]1. The minimum atomic E-state index is -0.835. The van der Waals surface area contributed by atoms with Crippen molar-refractivity contribution in [2.75, 3.05) is 0 Å². The number of carbonyl (C=O) groups excluding carboxylic acids is 2. The molecule has 0 radical (unpaired) electrons. The molecule has 6 nitrogen and oxygen atoms in total. The van der Waals surface area contributed by atoms with E-state index in [4.69, 9.17) is 10.2 Å². The Morgan fingerprint density at radius 3 is 1.65 bits per heavy atom. The fraction of sp³-hybridized carbons (Fsp3) is 0.417. The monoisotopic (exact) mass is 470 g/mol. The summed E-state index contributed by atoms with van der Waals surface area (Å²) in [6.07, 6.45) is 4.49. The minimum Gasteiger partial charge on any atom is -0.748 e. The van der Waals surface area contributed by atoms with Crippen LogP contribution in [-0.4, -0.2) is 33.7 Å². The molecule has 2 aromatic carbocycles. The van der Waals surface area contributed by atoms with E-state index in [0.717, 1.165) is 0 Å². The summed E-state index contributed by atoms with van der Waals surface area (Å²) in [6, 6.07) is 15.0. The average molecular weight is 470 g/mol. The third-order valence-corrected chi connectivity index (χ3v) is 4.56. The van der Waals surface area contributed by atoms with E-state index in [1.165, 1.54) is 0 Å². The first-order valence-corrected chi connectivity index (χ1v) is 10.3. The van der Waals surface area contributed by atoms with Gasteiger partial charge in [-0.05, 0) is 25.7 Å². The summed E-state index contributed by atoms with van der Waals surface area (Å²) in [6.45, 7) is 0. The molecule has 0 aliphatic carbocycles. The topological polar surface area (TPSA) is 109 Å². The summed E-state index contributed by atoms with van der Waals surface area (Å²) in [7, 11) is 0. The van der Waals surface area contributed by atoms with Gasteiger partial charge in [0.2, 0.25) is 0 Å². The van der Waals surface area contributed by atoms with Gasteiger partial charge in [-0.3, -0.25) is 9.59 Å². The van der Waals surface area contributed by atoms with Crippen molar-refractivity contribution in [1.82, 2.24) is 0 Å². The number of hydrogen-bond donors (Lipinski definition) is 2. The van der Waals surface area contributed by atoms with Crippen LogP contribution < -0.4 is 0 Å². The minimum absolute atomic E-state index is 0. The van der Waals surface area contributed by atoms with E-state index in [2.05, 4.69) is 0 Å². The molecule has 7 heteroatoms. The standard InChI is InChI=1S/C19H25O6.C5H5.Fe/c20-16(10-3-1-5-12-18(22)23)14-8-7-9-15(14)17(21)11-4-2-6-13-19(24)25;1-2-4-5-3-1;/h7-9H,1-6,10-13H2,(H,22,23)(H,24,25);1-5H;/q-1;-5;. The Balaban J connectivity index is 0.00000131. The van der Waals surface area contributed by atoms with Crippen LogP contribution in [0.3, 0.4) is 0 Å². The van der Waals surface area contributed by atoms with Gasteiger partial charge in [-0.15, -0.1) is 11.6 Å². The van der Waals surface area contributed by atoms with Crippen LogP contribution >= 0.6 is 0 Å². The van der Waals surface area contributed by atoms with Crippen molar-refractivity contribution >= 4 is 23.5 Å². The van der Waals surface area contributed by atoms with Crippen molar-refractivity contribution in [3.05, 3.63) is 59.7 Å². The molecule has 176 valence electrons. The fourth-order valence-corrected chi connectivity index (χ4v) is 2.97. The van der Waals surface area contributed by atoms with Gasteiger partial charge in [-0.2, -0.15) is 12.1 Å². The van der Waals surface area contributed by atoms with Crippen LogP contribution in [0, 0.1) is 0 Å². The van der Waals surface area contributed by atoms with Gasteiger partial charge < -0.3 is 50.1 Å². The smallest absolute Gasteiger partial charge is 0.303 e. The Hall–Kier alpha value is -2.50. The van der Waals surface area contributed by atoms with Crippen molar-refractivity contribution in [2.45, 2.75) is 64.2 Å². The van der Waals surface area contributed by atoms with Gasteiger partial charge in [0.05, 0.1) is 5.78 Å². The number of hydrogen-bond acceptors (Lipinski definition) is 4. The Morgan fingerprint density at radius 1 is 0.710 bits per heavy atom. The second-order valence-corrected chi connectivity index (χ2v) is 7.07. The number of ketones is 2. The maximum absolute atomic E-state index is 12.2. The second kappa shape index (κ2) is 17.2. The molecule has 0 aliphatic heterocycles. The molecule has 0 fully saturated rings. The van der Waals surface area contributed by atoms with E-state index in [1.54, 1.807) is 18.2 Å². The van der Waals surface area contributed by atoms with Crippen molar-refractivity contribution in [3.8, 4) is 0 Å². The van der Waals surface area contributed by atoms with Gasteiger partial charge in [0.25, 0.3) is 0 Å².